The van der Waals surface area contributed by atoms with E-state index in [0.717, 1.165) is 61.5 Å². The van der Waals surface area contributed by atoms with Crippen molar-refractivity contribution in [3.05, 3.63) is 82.9 Å². The van der Waals surface area contributed by atoms with Gasteiger partial charge >= 0.3 is 5.97 Å². The molecule has 2 heterocycles. The van der Waals surface area contributed by atoms with Gasteiger partial charge in [0.2, 0.25) is 0 Å². The van der Waals surface area contributed by atoms with Gasteiger partial charge < -0.3 is 39.8 Å². The van der Waals surface area contributed by atoms with Crippen LogP contribution in [0.3, 0.4) is 0 Å². The van der Waals surface area contributed by atoms with Crippen molar-refractivity contribution in [2.75, 3.05) is 13.3 Å². The van der Waals surface area contributed by atoms with Crippen LogP contribution in [0.5, 0.6) is 0 Å². The number of aryl methyl sites for hydroxylation is 1. The summed E-state index contributed by atoms with van der Waals surface area (Å²) in [7, 11) is 0. The molecule has 6 N–H and O–H groups in total. The highest BCUT2D eigenvalue weighted by molar-refractivity contribution is 5.86. The third-order valence-electron chi connectivity index (χ3n) is 23.9. The number of hydrogen-bond acceptors (Lipinski definition) is 10. The number of esters is 1. The molecule has 1 saturated heterocycles. The summed E-state index contributed by atoms with van der Waals surface area (Å²) in [5.41, 5.74) is -4.62. The Morgan fingerprint density at radius 2 is 1.69 bits per heavy atom. The van der Waals surface area contributed by atoms with Crippen molar-refractivity contribution in [2.45, 2.75) is 176 Å². The molecule has 0 aromatic heterocycles. The van der Waals surface area contributed by atoms with Gasteiger partial charge in [-0.15, -0.1) is 0 Å². The van der Waals surface area contributed by atoms with Gasteiger partial charge in [-0.25, -0.2) is 4.79 Å². The predicted molar refractivity (Wildman–Crippen MR) is 270 cm³/mol. The van der Waals surface area contributed by atoms with E-state index in [9.17, 15) is 30.3 Å². The average molecular weight is 982 g/mol. The van der Waals surface area contributed by atoms with Crippen LogP contribution in [-0.2, 0) is 31.9 Å². The van der Waals surface area contributed by atoms with Crippen LogP contribution in [0.4, 0.5) is 0 Å². The van der Waals surface area contributed by atoms with Crippen LogP contribution in [0.2, 0.25) is 0 Å². The van der Waals surface area contributed by atoms with E-state index in [1.807, 2.05) is 18.2 Å². The lowest BCUT2D eigenvalue weighted by atomic mass is 9.32. The molecule has 72 heavy (non-hydrogen) atoms. The average Bonchev–Trinajstić information content (AvgIpc) is 4.17. The van der Waals surface area contributed by atoms with Gasteiger partial charge in [-0.3, -0.25) is 5.32 Å². The van der Waals surface area contributed by atoms with E-state index in [0.29, 0.717) is 82.1 Å². The molecule has 10 nitrogen and oxygen atoms in total. The van der Waals surface area contributed by atoms with Gasteiger partial charge in [0.15, 0.2) is 0 Å². The Labute approximate surface area is 426 Å². The first-order valence-corrected chi connectivity index (χ1v) is 28.7. The first-order chi connectivity index (χ1) is 34.9. The predicted octanol–water partition coefficient (Wildman–Crippen LogP) is 7.64. The van der Waals surface area contributed by atoms with Crippen LogP contribution >= 0.6 is 0 Å². The number of benzene rings is 2. The molecule has 13 rings (SSSR count). The largest absolute Gasteiger partial charge is 0.454 e. The van der Waals surface area contributed by atoms with E-state index in [1.54, 1.807) is 6.08 Å². The lowest BCUT2D eigenvalue weighted by Crippen LogP contribution is -2.86. The number of ether oxygens (including phenoxy) is 2. The minimum Gasteiger partial charge on any atom is -0.454 e. The lowest BCUT2D eigenvalue weighted by Gasteiger charge is -2.75. The standard InChI is InChI=1S/C62H79NO9/c1-37(40-13-5-6-14-40)42-20-21-48-56-57(32-39(27-45(57)23-26-71-56)19-18-38-11-3-2-4-12-38)34-59(35-64)51-22-25-58-24-10-9-16-41-15-7-8-17-43(41)30-50(63-36-65)46-28-44(53(58)47-31-52(66)72-54(46)47)33-60(58,68)62(51,70)55(67)49(29-42)61(48,59)69/h2-4,7-8,11-12,15,17,31,35,37,39-40,42,44-46,48-51,53-56,63,65,67-70H,5-6,10,13-14,18-30,32-34,36H2,1H3/t37-,39+,42-,44+,45-,46+,48+,49-,50+,51-,53-,54-,55-,56-,57-,58-,59+,60-,61-,62-/m1/s1. The Morgan fingerprint density at radius 3 is 2.50 bits per heavy atom. The Kier molecular flexibility index (Phi) is 11.8. The summed E-state index contributed by atoms with van der Waals surface area (Å²) in [6.07, 6.45) is 15.2. The van der Waals surface area contributed by atoms with Crippen LogP contribution in [0.1, 0.15) is 139 Å². The number of nitrogens with one attached hydrogen (secondary N) is 1. The number of aldehydes is 1. The fourth-order valence-electron chi connectivity index (χ4n) is 21.2. The number of rotatable bonds is 8. The number of fused-ring (bicyclic) bond motifs is 8. The molecular formula is C62H79NO9. The van der Waals surface area contributed by atoms with E-state index < -0.39 is 69.0 Å². The zero-order valence-corrected chi connectivity index (χ0v) is 42.4. The smallest absolute Gasteiger partial charge is 0.331 e. The number of carbonyl (C=O) groups is 2. The monoisotopic (exact) mass is 982 g/mol. The van der Waals surface area contributed by atoms with E-state index in [4.69, 9.17) is 9.47 Å². The third-order valence-corrected chi connectivity index (χ3v) is 23.9. The van der Waals surface area contributed by atoms with E-state index in [-0.39, 0.29) is 54.9 Å². The van der Waals surface area contributed by atoms with Gasteiger partial charge in [0, 0.05) is 65.2 Å². The Bertz CT molecular complexity index is 2530. The zero-order valence-electron chi connectivity index (χ0n) is 42.4. The minimum absolute atomic E-state index is 0.145. The fraction of sp³-hybridized carbons (Fsp3) is 0.710. The zero-order chi connectivity index (χ0) is 49.4. The number of aliphatic hydroxyl groups excluding tert-OH is 2. The molecule has 0 unspecified atom stereocenters. The van der Waals surface area contributed by atoms with Crippen molar-refractivity contribution in [1.29, 1.82) is 0 Å². The SMILES string of the molecule is C[C@H](C1CCCC1)[C@@H]1CC[C@H]2[C@H]3OCC[C@@H]4C[C@H](CCc5ccccc5)C[C@@]43C[C@]3(C=O)[C@H]4CC[C@@]56CCC#Cc7ccccc7C[C@H](NCO)[C@@H]7C[C@@H](C[C@]5(O)[C@]4(O)[C@H](O)[C@@H](C1)[C@]23O)[C@@H]6C1=CC(=O)O[C@@H]17. The minimum atomic E-state index is -2.19. The second-order valence-electron chi connectivity index (χ2n) is 26.0. The molecule has 10 heteroatoms. The van der Waals surface area contributed by atoms with Gasteiger partial charge in [0.1, 0.15) is 23.6 Å². The maximum Gasteiger partial charge on any atom is 0.331 e. The van der Waals surface area contributed by atoms with Gasteiger partial charge in [-0.1, -0.05) is 93.0 Å². The number of hydrogen-bond donors (Lipinski definition) is 6. The molecule has 11 aliphatic rings. The van der Waals surface area contributed by atoms with Crippen LogP contribution in [-0.4, -0.2) is 92.3 Å². The molecule has 386 valence electrons. The van der Waals surface area contributed by atoms with Crippen molar-refractivity contribution < 1.29 is 44.6 Å². The first kappa shape index (κ1) is 48.3. The third kappa shape index (κ3) is 6.52. The van der Waals surface area contributed by atoms with Crippen molar-refractivity contribution in [1.82, 2.24) is 5.32 Å². The summed E-state index contributed by atoms with van der Waals surface area (Å²) in [6, 6.07) is 18.5. The normalized spacial score (nSPS) is 48.2. The van der Waals surface area contributed by atoms with Crippen LogP contribution in [0, 0.1) is 93.2 Å². The van der Waals surface area contributed by atoms with E-state index in [1.165, 1.54) is 31.2 Å². The molecule has 4 bridgehead atoms. The molecule has 2 spiro atoms. The molecule has 2 aromatic rings. The first-order valence-electron chi connectivity index (χ1n) is 28.7. The molecule has 2 aliphatic heterocycles. The summed E-state index contributed by atoms with van der Waals surface area (Å²) in [6.45, 7) is 2.72. The Morgan fingerprint density at radius 1 is 0.889 bits per heavy atom. The Balaban J connectivity index is 0.971. The molecular weight excluding hydrogens is 903 g/mol. The van der Waals surface area contributed by atoms with Gasteiger partial charge in [-0.2, -0.15) is 0 Å². The van der Waals surface area contributed by atoms with Gasteiger partial charge in [0.25, 0.3) is 0 Å². The fourth-order valence-corrected chi connectivity index (χ4v) is 21.2. The molecule has 9 fully saturated rings. The Hall–Kier alpha value is -3.40. The molecule has 9 aliphatic carbocycles. The topological polar surface area (TPSA) is 166 Å². The van der Waals surface area contributed by atoms with Crippen molar-refractivity contribution >= 4 is 12.3 Å². The number of aliphatic hydroxyl groups is 5. The van der Waals surface area contributed by atoms with Crippen molar-refractivity contribution in [3.63, 3.8) is 0 Å². The van der Waals surface area contributed by atoms with Crippen molar-refractivity contribution in [3.8, 4) is 11.8 Å². The van der Waals surface area contributed by atoms with Crippen LogP contribution in [0.25, 0.3) is 0 Å². The van der Waals surface area contributed by atoms with Crippen LogP contribution in [0.15, 0.2) is 66.2 Å². The molecule has 20 atom stereocenters. The molecule has 0 amide bonds. The quantitative estimate of drug-likeness (QED) is 0.0671. The maximum absolute atomic E-state index is 15.3. The second-order valence-corrected chi connectivity index (χ2v) is 26.0. The number of carbonyl (C=O) groups excluding carboxylic acids is 2. The van der Waals surface area contributed by atoms with Gasteiger partial charge in [-0.05, 0) is 161 Å². The maximum atomic E-state index is 15.3. The molecule has 8 saturated carbocycles. The second kappa shape index (κ2) is 17.6. The highest BCUT2D eigenvalue weighted by Crippen LogP contribution is 2.80. The summed E-state index contributed by atoms with van der Waals surface area (Å²) in [5.74, 6) is 5.22. The summed E-state index contributed by atoms with van der Waals surface area (Å²) in [5, 5.41) is 71.9. The molecule has 0 radical (unpaired) electrons. The highest BCUT2D eigenvalue weighted by atomic mass is 16.5. The van der Waals surface area contributed by atoms with Gasteiger partial charge in [0.05, 0.1) is 30.0 Å². The molecule has 2 aromatic carbocycles. The van der Waals surface area contributed by atoms with E-state index >= 15 is 4.79 Å². The van der Waals surface area contributed by atoms with Crippen LogP contribution < -0.4 is 5.32 Å². The van der Waals surface area contributed by atoms with Crippen molar-refractivity contribution in [2.24, 2.45) is 81.3 Å². The van der Waals surface area contributed by atoms with E-state index in [2.05, 4.69) is 60.5 Å². The lowest BCUT2D eigenvalue weighted by molar-refractivity contribution is -0.389. The highest BCUT2D eigenvalue weighted by Gasteiger charge is 2.87. The summed E-state index contributed by atoms with van der Waals surface area (Å²) < 4.78 is 13.5. The summed E-state index contributed by atoms with van der Waals surface area (Å²) >= 11 is 0. The summed E-state index contributed by atoms with van der Waals surface area (Å²) in [4.78, 5) is 29.0.